The molecule has 7 heteroatoms. The summed E-state index contributed by atoms with van der Waals surface area (Å²) < 4.78 is 10.9. The lowest BCUT2D eigenvalue weighted by Gasteiger charge is -2.11. The third-order valence-electron chi connectivity index (χ3n) is 4.85. The summed E-state index contributed by atoms with van der Waals surface area (Å²) in [7, 11) is 0. The normalized spacial score (nSPS) is 16.2. The van der Waals surface area contributed by atoms with Crippen LogP contribution in [0, 0.1) is 0 Å². The molecule has 0 spiro atoms. The molecule has 0 unspecified atom stereocenters. The van der Waals surface area contributed by atoms with Crippen molar-refractivity contribution >= 4 is 46.7 Å². The van der Waals surface area contributed by atoms with Gasteiger partial charge in [-0.25, -0.2) is 0 Å². The van der Waals surface area contributed by atoms with Crippen LogP contribution < -0.4 is 14.5 Å². The van der Waals surface area contributed by atoms with E-state index in [0.717, 1.165) is 16.1 Å². The van der Waals surface area contributed by atoms with E-state index in [1.54, 1.807) is 11.8 Å². The third kappa shape index (κ3) is 4.17. The molecule has 0 atom stereocenters. The standard InChI is InChI=1S/C24H17ClN2O3S/c25-17-7-9-19(10-8-17)31-14-21-20(12-16-6-11-22-23(13-16)30-15-29-22)24(28)27(26-21)18-4-2-1-3-5-18/h1-13H,14-15H2/b20-12+. The molecule has 0 aromatic heterocycles. The summed E-state index contributed by atoms with van der Waals surface area (Å²) in [6, 6.07) is 22.7. The number of carbonyl (C=O) groups excluding carboxylic acids is 1. The highest BCUT2D eigenvalue weighted by Gasteiger charge is 2.31. The minimum Gasteiger partial charge on any atom is -0.454 e. The van der Waals surface area contributed by atoms with Gasteiger partial charge in [-0.3, -0.25) is 4.79 Å². The van der Waals surface area contributed by atoms with E-state index < -0.39 is 0 Å². The molecule has 2 heterocycles. The van der Waals surface area contributed by atoms with Gasteiger partial charge in [-0.05, 0) is 60.2 Å². The molecule has 0 radical (unpaired) electrons. The summed E-state index contributed by atoms with van der Waals surface area (Å²) in [5.74, 6) is 1.77. The maximum absolute atomic E-state index is 13.3. The van der Waals surface area contributed by atoms with Gasteiger partial charge in [-0.15, -0.1) is 11.8 Å². The van der Waals surface area contributed by atoms with Gasteiger partial charge in [0.25, 0.3) is 5.91 Å². The number of anilines is 1. The molecular weight excluding hydrogens is 432 g/mol. The van der Waals surface area contributed by atoms with Crippen molar-refractivity contribution < 1.29 is 14.3 Å². The molecule has 0 N–H and O–H groups in total. The van der Waals surface area contributed by atoms with Crippen molar-refractivity contribution in [1.82, 2.24) is 0 Å². The lowest BCUT2D eigenvalue weighted by molar-refractivity contribution is -0.114. The Hall–Kier alpha value is -3.22. The van der Waals surface area contributed by atoms with Gasteiger partial charge in [0, 0.05) is 15.7 Å². The smallest absolute Gasteiger partial charge is 0.280 e. The highest BCUT2D eigenvalue weighted by Crippen LogP contribution is 2.34. The average Bonchev–Trinajstić information content (AvgIpc) is 3.39. The van der Waals surface area contributed by atoms with Crippen LogP contribution in [-0.4, -0.2) is 24.2 Å². The number of halogens is 1. The summed E-state index contributed by atoms with van der Waals surface area (Å²) in [6.45, 7) is 0.209. The first-order chi connectivity index (χ1) is 15.2. The minimum atomic E-state index is -0.157. The van der Waals surface area contributed by atoms with Crippen molar-refractivity contribution in [2.24, 2.45) is 5.10 Å². The lowest BCUT2D eigenvalue weighted by Crippen LogP contribution is -2.21. The highest BCUT2D eigenvalue weighted by molar-refractivity contribution is 8.00. The summed E-state index contributed by atoms with van der Waals surface area (Å²) in [5.41, 5.74) is 2.86. The number of rotatable bonds is 5. The van der Waals surface area contributed by atoms with Crippen molar-refractivity contribution in [2.75, 3.05) is 17.6 Å². The highest BCUT2D eigenvalue weighted by atomic mass is 35.5. The fourth-order valence-electron chi connectivity index (χ4n) is 3.31. The second kappa shape index (κ2) is 8.49. The average molecular weight is 449 g/mol. The van der Waals surface area contributed by atoms with Gasteiger partial charge in [0.15, 0.2) is 11.5 Å². The number of amides is 1. The molecule has 0 fully saturated rings. The minimum absolute atomic E-state index is 0.157. The van der Waals surface area contributed by atoms with Crippen molar-refractivity contribution in [3.63, 3.8) is 0 Å². The molecule has 2 aliphatic heterocycles. The number of para-hydroxylation sites is 1. The Kier molecular flexibility index (Phi) is 5.40. The van der Waals surface area contributed by atoms with Crippen LogP contribution in [0.5, 0.6) is 11.5 Å². The SMILES string of the molecule is O=C1/C(=C/c2ccc3c(c2)OCO3)C(CSc2ccc(Cl)cc2)=NN1c1ccccc1. The topological polar surface area (TPSA) is 51.1 Å². The predicted octanol–water partition coefficient (Wildman–Crippen LogP) is 5.65. The molecule has 0 bridgehead atoms. The number of hydrogen-bond donors (Lipinski definition) is 0. The van der Waals surface area contributed by atoms with Crippen LogP contribution in [0.4, 0.5) is 5.69 Å². The van der Waals surface area contributed by atoms with Gasteiger partial charge in [0.2, 0.25) is 6.79 Å². The number of hydrazone groups is 1. The van der Waals surface area contributed by atoms with Crippen LogP contribution in [0.15, 0.2) is 88.4 Å². The molecule has 31 heavy (non-hydrogen) atoms. The Labute approximate surface area is 188 Å². The maximum Gasteiger partial charge on any atom is 0.280 e. The van der Waals surface area contributed by atoms with E-state index in [1.165, 1.54) is 5.01 Å². The first kappa shape index (κ1) is 19.7. The fourth-order valence-corrected chi connectivity index (χ4v) is 4.28. The van der Waals surface area contributed by atoms with Crippen LogP contribution in [0.1, 0.15) is 5.56 Å². The zero-order valence-corrected chi connectivity index (χ0v) is 17.9. The number of benzene rings is 3. The monoisotopic (exact) mass is 448 g/mol. The lowest BCUT2D eigenvalue weighted by atomic mass is 10.1. The number of fused-ring (bicyclic) bond motifs is 1. The van der Waals surface area contributed by atoms with Gasteiger partial charge < -0.3 is 9.47 Å². The Balaban J connectivity index is 1.47. The van der Waals surface area contributed by atoms with Crippen LogP contribution >= 0.6 is 23.4 Å². The number of ether oxygens (including phenoxy) is 2. The van der Waals surface area contributed by atoms with Crippen LogP contribution in [0.3, 0.4) is 0 Å². The van der Waals surface area contributed by atoms with E-state index in [4.69, 9.17) is 21.1 Å². The van der Waals surface area contributed by atoms with Gasteiger partial charge in [0.1, 0.15) is 0 Å². The molecule has 3 aromatic rings. The van der Waals surface area contributed by atoms with E-state index in [9.17, 15) is 4.79 Å². The molecule has 5 nitrogen and oxygen atoms in total. The first-order valence-corrected chi connectivity index (χ1v) is 11.0. The number of hydrogen-bond acceptors (Lipinski definition) is 5. The number of nitrogens with zero attached hydrogens (tertiary/aromatic N) is 2. The largest absolute Gasteiger partial charge is 0.454 e. The molecule has 0 aliphatic carbocycles. The van der Waals surface area contributed by atoms with Gasteiger partial charge >= 0.3 is 0 Å². The molecular formula is C24H17ClN2O3S. The van der Waals surface area contributed by atoms with Crippen LogP contribution in [0.25, 0.3) is 6.08 Å². The van der Waals surface area contributed by atoms with E-state index in [0.29, 0.717) is 33.6 Å². The fraction of sp³-hybridized carbons (Fsp3) is 0.0833. The zero-order chi connectivity index (χ0) is 21.2. The first-order valence-electron chi connectivity index (χ1n) is 9.64. The van der Waals surface area contributed by atoms with Gasteiger partial charge in [0.05, 0.1) is 17.0 Å². The van der Waals surface area contributed by atoms with E-state index in [1.807, 2.05) is 78.9 Å². The molecule has 3 aromatic carbocycles. The zero-order valence-electron chi connectivity index (χ0n) is 16.3. The van der Waals surface area contributed by atoms with E-state index in [-0.39, 0.29) is 12.7 Å². The maximum atomic E-state index is 13.3. The van der Waals surface area contributed by atoms with Crippen LogP contribution in [-0.2, 0) is 4.79 Å². The second-order valence-corrected chi connectivity index (χ2v) is 8.40. The van der Waals surface area contributed by atoms with Gasteiger partial charge in [-0.2, -0.15) is 10.1 Å². The molecule has 1 amide bonds. The molecule has 5 rings (SSSR count). The second-order valence-electron chi connectivity index (χ2n) is 6.91. The Morgan fingerprint density at radius 2 is 1.77 bits per heavy atom. The Morgan fingerprint density at radius 3 is 2.58 bits per heavy atom. The summed E-state index contributed by atoms with van der Waals surface area (Å²) in [6.07, 6.45) is 1.86. The number of carbonyl (C=O) groups is 1. The molecule has 0 saturated carbocycles. The number of thioether (sulfide) groups is 1. The van der Waals surface area contributed by atoms with Crippen molar-refractivity contribution in [2.45, 2.75) is 4.90 Å². The van der Waals surface area contributed by atoms with Gasteiger partial charge in [-0.1, -0.05) is 35.9 Å². The van der Waals surface area contributed by atoms with Crippen LogP contribution in [0.2, 0.25) is 5.02 Å². The molecule has 154 valence electrons. The van der Waals surface area contributed by atoms with E-state index in [2.05, 4.69) is 5.10 Å². The molecule has 0 saturated heterocycles. The van der Waals surface area contributed by atoms with Crippen molar-refractivity contribution in [3.05, 3.63) is 89.0 Å². The molecule has 2 aliphatic rings. The third-order valence-corrected chi connectivity index (χ3v) is 6.13. The van der Waals surface area contributed by atoms with Crippen molar-refractivity contribution in [3.8, 4) is 11.5 Å². The Bertz CT molecular complexity index is 1190. The van der Waals surface area contributed by atoms with Crippen molar-refractivity contribution in [1.29, 1.82) is 0 Å². The summed E-state index contributed by atoms with van der Waals surface area (Å²) in [5, 5.41) is 6.80. The Morgan fingerprint density at radius 1 is 1.00 bits per heavy atom. The summed E-state index contributed by atoms with van der Waals surface area (Å²) >= 11 is 7.59. The predicted molar refractivity (Wildman–Crippen MR) is 124 cm³/mol. The quantitative estimate of drug-likeness (QED) is 0.374. The summed E-state index contributed by atoms with van der Waals surface area (Å²) in [4.78, 5) is 14.3. The van der Waals surface area contributed by atoms with E-state index >= 15 is 0 Å².